The van der Waals surface area contributed by atoms with E-state index in [-0.39, 0.29) is 18.8 Å². The van der Waals surface area contributed by atoms with Crippen LogP contribution in [0, 0.1) is 0 Å². The van der Waals surface area contributed by atoms with Gasteiger partial charge in [-0.2, -0.15) is 0 Å². The molecule has 0 aromatic heterocycles. The van der Waals surface area contributed by atoms with Gasteiger partial charge in [-0.15, -0.1) is 0 Å². The summed E-state index contributed by atoms with van der Waals surface area (Å²) in [4.78, 5) is 11.5. The molecule has 0 aliphatic carbocycles. The summed E-state index contributed by atoms with van der Waals surface area (Å²) in [5.41, 5.74) is 0.176. The monoisotopic (exact) mass is 205 g/mol. The Labute approximate surface area is 84.3 Å². The molecular weight excluding hydrogens is 186 g/mol. The van der Waals surface area contributed by atoms with Gasteiger partial charge in [-0.25, -0.2) is 4.79 Å². The lowest BCUT2D eigenvalue weighted by atomic mass is 10.4. The molecule has 0 atom stereocenters. The summed E-state index contributed by atoms with van der Waals surface area (Å²) in [5, 5.41) is 24.6. The molecule has 0 unspecified atom stereocenters. The number of carboxylic acid groups (broad SMARTS) is 1. The molecule has 0 fully saturated rings. The number of carboxylic acids is 1. The van der Waals surface area contributed by atoms with E-state index in [0.717, 1.165) is 0 Å². The lowest BCUT2D eigenvalue weighted by Crippen LogP contribution is -2.25. The summed E-state index contributed by atoms with van der Waals surface area (Å²) in [6.07, 6.45) is 0. The van der Waals surface area contributed by atoms with Gasteiger partial charge in [-0.3, -0.25) is 0 Å². The molecule has 0 aliphatic heterocycles. The van der Waals surface area contributed by atoms with E-state index in [1.165, 1.54) is 6.92 Å². The number of aliphatic hydroxyl groups is 2. The van der Waals surface area contributed by atoms with Gasteiger partial charge in [0.1, 0.15) is 0 Å². The smallest absolute Gasteiger partial charge is 0.330 e. The molecule has 0 aromatic carbocycles. The highest BCUT2D eigenvalue weighted by molar-refractivity contribution is 5.84. The van der Waals surface area contributed by atoms with Gasteiger partial charge in [0, 0.05) is 18.7 Å². The molecule has 14 heavy (non-hydrogen) atoms. The molecule has 0 aromatic rings. The van der Waals surface area contributed by atoms with Gasteiger partial charge in [0.25, 0.3) is 0 Å². The zero-order chi connectivity index (χ0) is 11.6. The molecule has 0 radical (unpaired) electrons. The van der Waals surface area contributed by atoms with Crippen molar-refractivity contribution < 1.29 is 20.1 Å². The van der Waals surface area contributed by atoms with E-state index < -0.39 is 5.97 Å². The Bertz CT molecular complexity index is 152. The largest absolute Gasteiger partial charge is 0.478 e. The minimum Gasteiger partial charge on any atom is -0.478 e. The topological polar surface area (TPSA) is 81.0 Å². The molecule has 0 aliphatic rings. The van der Waals surface area contributed by atoms with Gasteiger partial charge in [0.2, 0.25) is 0 Å². The normalized spacial score (nSPS) is 9.21. The average molecular weight is 205 g/mol. The third-order valence-electron chi connectivity index (χ3n) is 1.33. The third kappa shape index (κ3) is 13.7. The molecule has 0 rings (SSSR count). The van der Waals surface area contributed by atoms with Crippen LogP contribution in [0.15, 0.2) is 12.2 Å². The van der Waals surface area contributed by atoms with E-state index in [1.54, 1.807) is 0 Å². The first kappa shape index (κ1) is 15.6. The molecule has 0 spiro atoms. The van der Waals surface area contributed by atoms with Crippen molar-refractivity contribution in [2.24, 2.45) is 0 Å². The molecule has 0 saturated carbocycles. The van der Waals surface area contributed by atoms with E-state index in [9.17, 15) is 4.79 Å². The Balaban J connectivity index is 0. The first-order valence-corrected chi connectivity index (χ1v) is 4.24. The number of nitrogens with zero attached hydrogens (tertiary/aromatic N) is 1. The predicted molar refractivity (Wildman–Crippen MR) is 54.1 cm³/mol. The van der Waals surface area contributed by atoms with E-state index in [2.05, 4.69) is 6.58 Å². The summed E-state index contributed by atoms with van der Waals surface area (Å²) in [6.45, 7) is 6.21. The summed E-state index contributed by atoms with van der Waals surface area (Å²) < 4.78 is 0. The van der Waals surface area contributed by atoms with Crippen LogP contribution in [0.2, 0.25) is 0 Å². The van der Waals surface area contributed by atoms with Gasteiger partial charge in [0.15, 0.2) is 0 Å². The maximum absolute atomic E-state index is 9.60. The number of aliphatic hydroxyl groups excluding tert-OH is 2. The molecule has 0 saturated heterocycles. The van der Waals surface area contributed by atoms with E-state index in [1.807, 2.05) is 11.9 Å². The highest BCUT2D eigenvalue weighted by Gasteiger charge is 1.91. The second kappa shape index (κ2) is 10.2. The zero-order valence-electron chi connectivity index (χ0n) is 8.73. The van der Waals surface area contributed by atoms with Crippen LogP contribution in [0.4, 0.5) is 0 Å². The van der Waals surface area contributed by atoms with Crippen molar-refractivity contribution >= 4 is 5.97 Å². The summed E-state index contributed by atoms with van der Waals surface area (Å²) in [5.74, 6) is -0.935. The Hall–Kier alpha value is -0.910. The molecule has 5 heteroatoms. The molecule has 3 N–H and O–H groups in total. The van der Waals surface area contributed by atoms with Crippen LogP contribution >= 0.6 is 0 Å². The van der Waals surface area contributed by atoms with Gasteiger partial charge in [-0.05, 0) is 14.0 Å². The van der Waals surface area contributed by atoms with Crippen molar-refractivity contribution in [3.05, 3.63) is 12.2 Å². The van der Waals surface area contributed by atoms with E-state index in [0.29, 0.717) is 13.1 Å². The van der Waals surface area contributed by atoms with Gasteiger partial charge in [0.05, 0.1) is 13.2 Å². The number of hydrogen-bond donors (Lipinski definition) is 3. The number of rotatable bonds is 5. The standard InChI is InChI=1S/C5H13NO2.C4H6O2/c1-6(2-4-7)3-5-8;1-3(2)4(5)6/h7-8H,2-5H2,1H3;1H2,2H3,(H,5,6). The van der Waals surface area contributed by atoms with E-state index in [4.69, 9.17) is 15.3 Å². The fourth-order valence-corrected chi connectivity index (χ4v) is 0.453. The van der Waals surface area contributed by atoms with Crippen LogP contribution in [-0.4, -0.2) is 59.5 Å². The molecule has 0 amide bonds. The SMILES string of the molecule is C=C(C)C(=O)O.CN(CCO)CCO. The summed E-state index contributed by atoms with van der Waals surface area (Å²) in [6, 6.07) is 0. The van der Waals surface area contributed by atoms with Crippen molar-refractivity contribution in [2.75, 3.05) is 33.4 Å². The first-order valence-electron chi connectivity index (χ1n) is 4.24. The highest BCUT2D eigenvalue weighted by Crippen LogP contribution is 1.81. The van der Waals surface area contributed by atoms with Crippen molar-refractivity contribution in [1.29, 1.82) is 0 Å². The first-order chi connectivity index (χ1) is 6.45. The average Bonchev–Trinajstić information content (AvgIpc) is 2.06. The van der Waals surface area contributed by atoms with Crippen molar-refractivity contribution in [1.82, 2.24) is 4.90 Å². The number of likely N-dealkylation sites (N-methyl/N-ethyl adjacent to an activating group) is 1. The second-order valence-electron chi connectivity index (χ2n) is 2.84. The predicted octanol–water partition coefficient (Wildman–Crippen LogP) is -0.450. The number of hydrogen-bond acceptors (Lipinski definition) is 4. The molecule has 84 valence electrons. The lowest BCUT2D eigenvalue weighted by molar-refractivity contribution is -0.132. The Morgan fingerprint density at radius 3 is 1.71 bits per heavy atom. The fraction of sp³-hybridized carbons (Fsp3) is 0.667. The molecule has 0 heterocycles. The Kier molecular flexibility index (Phi) is 11.3. The van der Waals surface area contributed by atoms with Gasteiger partial charge < -0.3 is 20.2 Å². The Morgan fingerprint density at radius 2 is 1.57 bits per heavy atom. The second-order valence-corrected chi connectivity index (χ2v) is 2.84. The fourth-order valence-electron chi connectivity index (χ4n) is 0.453. The van der Waals surface area contributed by atoms with Crippen molar-refractivity contribution in [3.63, 3.8) is 0 Å². The number of aliphatic carboxylic acids is 1. The minimum atomic E-state index is -0.935. The van der Waals surface area contributed by atoms with Crippen LogP contribution in [0.1, 0.15) is 6.92 Å². The van der Waals surface area contributed by atoms with Crippen molar-refractivity contribution in [3.8, 4) is 0 Å². The Morgan fingerprint density at radius 1 is 1.29 bits per heavy atom. The third-order valence-corrected chi connectivity index (χ3v) is 1.33. The quantitative estimate of drug-likeness (QED) is 0.530. The van der Waals surface area contributed by atoms with Crippen molar-refractivity contribution in [2.45, 2.75) is 6.92 Å². The van der Waals surface area contributed by atoms with Crippen LogP contribution < -0.4 is 0 Å². The van der Waals surface area contributed by atoms with Crippen LogP contribution in [0.5, 0.6) is 0 Å². The lowest BCUT2D eigenvalue weighted by Gasteiger charge is -2.11. The van der Waals surface area contributed by atoms with E-state index >= 15 is 0 Å². The maximum atomic E-state index is 9.60. The maximum Gasteiger partial charge on any atom is 0.330 e. The molecule has 5 nitrogen and oxygen atoms in total. The van der Waals surface area contributed by atoms with Crippen LogP contribution in [-0.2, 0) is 4.79 Å². The highest BCUT2D eigenvalue weighted by atomic mass is 16.4. The summed E-state index contributed by atoms with van der Waals surface area (Å²) >= 11 is 0. The van der Waals surface area contributed by atoms with Gasteiger partial charge in [-0.1, -0.05) is 6.58 Å². The minimum absolute atomic E-state index is 0.163. The number of carbonyl (C=O) groups is 1. The molecular formula is C9H19NO4. The van der Waals surface area contributed by atoms with Crippen LogP contribution in [0.3, 0.4) is 0 Å². The van der Waals surface area contributed by atoms with Crippen LogP contribution in [0.25, 0.3) is 0 Å². The summed E-state index contributed by atoms with van der Waals surface area (Å²) in [7, 11) is 1.85. The van der Waals surface area contributed by atoms with Gasteiger partial charge >= 0.3 is 5.97 Å². The zero-order valence-corrected chi connectivity index (χ0v) is 8.73. The molecule has 0 bridgehead atoms.